The van der Waals surface area contributed by atoms with E-state index in [1.165, 1.54) is 36.4 Å². The summed E-state index contributed by atoms with van der Waals surface area (Å²) in [6, 6.07) is 15.0. The summed E-state index contributed by atoms with van der Waals surface area (Å²) in [5.74, 6) is 4.34. The van der Waals surface area contributed by atoms with Gasteiger partial charge in [0.05, 0.1) is 11.1 Å². The zero-order valence-corrected chi connectivity index (χ0v) is 13.4. The Morgan fingerprint density at radius 2 is 1.35 bits per heavy atom. The fourth-order valence-corrected chi connectivity index (χ4v) is 2.98. The standard InChI is InChI=1S/C22H11FO3/c23-15-10-6-13(7-11-15)5-8-14-9-12-18(24)20-19(14)21(25)16-3-1-2-4-17(16)22(20)26/h1-4,6-7,9-12,24H. The zero-order chi connectivity index (χ0) is 18.3. The van der Waals surface area contributed by atoms with Gasteiger partial charge in [0, 0.05) is 22.3 Å². The second-order valence-corrected chi connectivity index (χ2v) is 5.84. The van der Waals surface area contributed by atoms with Crippen LogP contribution in [0.2, 0.25) is 0 Å². The number of phenolic OH excluding ortho intramolecular Hbond substituents is 1. The first-order chi connectivity index (χ1) is 12.6. The van der Waals surface area contributed by atoms with Gasteiger partial charge in [-0.2, -0.15) is 0 Å². The molecule has 1 aliphatic carbocycles. The highest BCUT2D eigenvalue weighted by Gasteiger charge is 2.33. The van der Waals surface area contributed by atoms with Gasteiger partial charge in [0.2, 0.25) is 0 Å². The Balaban J connectivity index is 1.89. The SMILES string of the molecule is O=C1c2ccccc2C(=O)c2c(C#Cc3ccc(F)cc3)ccc(O)c21. The number of halogens is 1. The topological polar surface area (TPSA) is 54.4 Å². The van der Waals surface area contributed by atoms with Crippen molar-refractivity contribution in [3.05, 3.63) is 99.9 Å². The molecule has 3 nitrogen and oxygen atoms in total. The van der Waals surface area contributed by atoms with Crippen molar-refractivity contribution in [3.8, 4) is 17.6 Å². The van der Waals surface area contributed by atoms with E-state index in [4.69, 9.17) is 0 Å². The van der Waals surface area contributed by atoms with E-state index in [0.717, 1.165) is 0 Å². The van der Waals surface area contributed by atoms with Gasteiger partial charge >= 0.3 is 0 Å². The summed E-state index contributed by atoms with van der Waals surface area (Å²) in [6.07, 6.45) is 0. The Morgan fingerprint density at radius 1 is 0.731 bits per heavy atom. The van der Waals surface area contributed by atoms with Crippen LogP contribution in [0.3, 0.4) is 0 Å². The Kier molecular flexibility index (Phi) is 3.63. The number of carbonyl (C=O) groups is 2. The van der Waals surface area contributed by atoms with Gasteiger partial charge in [0.15, 0.2) is 11.6 Å². The maximum Gasteiger partial charge on any atom is 0.198 e. The second-order valence-electron chi connectivity index (χ2n) is 5.84. The minimum Gasteiger partial charge on any atom is -0.507 e. The van der Waals surface area contributed by atoms with Gasteiger partial charge in [0.1, 0.15) is 11.6 Å². The molecular weight excluding hydrogens is 331 g/mol. The molecule has 0 radical (unpaired) electrons. The molecule has 0 aliphatic heterocycles. The summed E-state index contributed by atoms with van der Waals surface area (Å²) < 4.78 is 13.0. The van der Waals surface area contributed by atoms with E-state index in [1.807, 2.05) is 0 Å². The van der Waals surface area contributed by atoms with Crippen LogP contribution in [0.5, 0.6) is 5.75 Å². The van der Waals surface area contributed by atoms with E-state index >= 15 is 0 Å². The maximum absolute atomic E-state index is 13.0. The number of aromatic hydroxyl groups is 1. The fourth-order valence-electron chi connectivity index (χ4n) is 2.98. The molecule has 1 N–H and O–H groups in total. The van der Waals surface area contributed by atoms with Crippen molar-refractivity contribution in [2.75, 3.05) is 0 Å². The molecule has 124 valence electrons. The van der Waals surface area contributed by atoms with Gasteiger partial charge in [-0.15, -0.1) is 0 Å². The second kappa shape index (κ2) is 5.98. The molecule has 0 unspecified atom stereocenters. The maximum atomic E-state index is 13.0. The summed E-state index contributed by atoms with van der Waals surface area (Å²) >= 11 is 0. The fraction of sp³-hybridized carbons (Fsp3) is 0. The third kappa shape index (κ3) is 2.47. The van der Waals surface area contributed by atoms with Crippen LogP contribution in [0.4, 0.5) is 4.39 Å². The molecular formula is C22H11FO3. The van der Waals surface area contributed by atoms with Gasteiger partial charge in [0.25, 0.3) is 0 Å². The molecule has 3 aromatic carbocycles. The van der Waals surface area contributed by atoms with Crippen molar-refractivity contribution in [3.63, 3.8) is 0 Å². The largest absolute Gasteiger partial charge is 0.507 e. The molecule has 0 fully saturated rings. The average Bonchev–Trinajstić information content (AvgIpc) is 2.66. The summed E-state index contributed by atoms with van der Waals surface area (Å²) in [5, 5.41) is 10.1. The number of ketones is 2. The van der Waals surface area contributed by atoms with Crippen LogP contribution in [0.15, 0.2) is 60.7 Å². The van der Waals surface area contributed by atoms with Crippen molar-refractivity contribution >= 4 is 11.6 Å². The first kappa shape index (κ1) is 15.8. The smallest absolute Gasteiger partial charge is 0.198 e. The van der Waals surface area contributed by atoms with Crippen molar-refractivity contribution in [2.45, 2.75) is 0 Å². The van der Waals surface area contributed by atoms with Crippen molar-refractivity contribution < 1.29 is 19.1 Å². The molecule has 0 saturated heterocycles. The number of hydrogen-bond donors (Lipinski definition) is 1. The van der Waals surface area contributed by atoms with Crippen LogP contribution < -0.4 is 0 Å². The van der Waals surface area contributed by atoms with Crippen LogP contribution in [0.25, 0.3) is 0 Å². The lowest BCUT2D eigenvalue weighted by Gasteiger charge is -2.19. The van der Waals surface area contributed by atoms with E-state index in [1.54, 1.807) is 24.3 Å². The van der Waals surface area contributed by atoms with Crippen LogP contribution in [0.1, 0.15) is 43.0 Å². The Hall–Kier alpha value is -3.71. The summed E-state index contributed by atoms with van der Waals surface area (Å²) in [4.78, 5) is 25.6. The number of fused-ring (bicyclic) bond motifs is 2. The molecule has 0 amide bonds. The van der Waals surface area contributed by atoms with Gasteiger partial charge in [-0.3, -0.25) is 9.59 Å². The summed E-state index contributed by atoms with van der Waals surface area (Å²) in [7, 11) is 0. The van der Waals surface area contributed by atoms with Gasteiger partial charge in [-0.25, -0.2) is 4.39 Å². The third-order valence-corrected chi connectivity index (χ3v) is 4.24. The number of phenols is 1. The quantitative estimate of drug-likeness (QED) is 0.496. The van der Waals surface area contributed by atoms with Crippen molar-refractivity contribution in [1.29, 1.82) is 0 Å². The highest BCUT2D eigenvalue weighted by Crippen LogP contribution is 2.34. The van der Waals surface area contributed by atoms with Crippen LogP contribution in [-0.2, 0) is 0 Å². The number of rotatable bonds is 0. The van der Waals surface area contributed by atoms with E-state index in [9.17, 15) is 19.1 Å². The lowest BCUT2D eigenvalue weighted by Crippen LogP contribution is -2.22. The predicted molar refractivity (Wildman–Crippen MR) is 93.8 cm³/mol. The Morgan fingerprint density at radius 3 is 2.00 bits per heavy atom. The summed E-state index contributed by atoms with van der Waals surface area (Å²) in [6.45, 7) is 0. The highest BCUT2D eigenvalue weighted by atomic mass is 19.1. The molecule has 26 heavy (non-hydrogen) atoms. The monoisotopic (exact) mass is 342 g/mol. The number of hydrogen-bond acceptors (Lipinski definition) is 3. The molecule has 0 aromatic heterocycles. The number of carbonyl (C=O) groups excluding carboxylic acids is 2. The normalized spacial score (nSPS) is 12.0. The zero-order valence-electron chi connectivity index (χ0n) is 13.4. The van der Waals surface area contributed by atoms with E-state index in [-0.39, 0.29) is 34.0 Å². The molecule has 0 bridgehead atoms. The van der Waals surface area contributed by atoms with Crippen LogP contribution in [0, 0.1) is 17.7 Å². The molecule has 0 saturated carbocycles. The Bertz CT molecular complexity index is 1130. The molecule has 1 aliphatic rings. The lowest BCUT2D eigenvalue weighted by molar-refractivity contribution is 0.0976. The molecule has 0 heterocycles. The molecule has 0 spiro atoms. The molecule has 3 aromatic rings. The minimum absolute atomic E-state index is 0.0281. The first-order valence-corrected chi connectivity index (χ1v) is 7.88. The minimum atomic E-state index is -0.405. The van der Waals surface area contributed by atoms with Gasteiger partial charge < -0.3 is 5.11 Å². The third-order valence-electron chi connectivity index (χ3n) is 4.24. The lowest BCUT2D eigenvalue weighted by atomic mass is 9.81. The van der Waals surface area contributed by atoms with Gasteiger partial charge in [-0.05, 0) is 36.4 Å². The van der Waals surface area contributed by atoms with E-state index < -0.39 is 5.78 Å². The molecule has 4 rings (SSSR count). The van der Waals surface area contributed by atoms with E-state index in [2.05, 4.69) is 11.8 Å². The van der Waals surface area contributed by atoms with Crippen molar-refractivity contribution in [2.24, 2.45) is 0 Å². The Labute approximate surface area is 148 Å². The van der Waals surface area contributed by atoms with Crippen molar-refractivity contribution in [1.82, 2.24) is 0 Å². The highest BCUT2D eigenvalue weighted by molar-refractivity contribution is 6.30. The summed E-state index contributed by atoms with van der Waals surface area (Å²) in [5.41, 5.74) is 1.55. The predicted octanol–water partition coefficient (Wildman–Crippen LogP) is 3.71. The van der Waals surface area contributed by atoms with Crippen LogP contribution >= 0.6 is 0 Å². The van der Waals surface area contributed by atoms with Crippen LogP contribution in [-0.4, -0.2) is 16.7 Å². The molecule has 0 atom stereocenters. The number of benzene rings is 3. The molecule has 4 heteroatoms. The first-order valence-electron chi connectivity index (χ1n) is 7.88. The average molecular weight is 342 g/mol. The van der Waals surface area contributed by atoms with Gasteiger partial charge in [-0.1, -0.05) is 36.1 Å². The van der Waals surface area contributed by atoms with E-state index in [0.29, 0.717) is 16.7 Å².